The van der Waals surface area contributed by atoms with Crippen molar-refractivity contribution in [2.75, 3.05) is 12.1 Å². The highest BCUT2D eigenvalue weighted by Gasteiger charge is 2.41. The average molecular weight is 442 g/mol. The van der Waals surface area contributed by atoms with E-state index in [-0.39, 0.29) is 25.5 Å². The Labute approximate surface area is 181 Å². The van der Waals surface area contributed by atoms with Crippen LogP contribution in [0.25, 0.3) is 0 Å². The molecule has 2 aliphatic rings. The Hall–Kier alpha value is -3.00. The van der Waals surface area contributed by atoms with Gasteiger partial charge in [0.15, 0.2) is 16.0 Å². The maximum Gasteiger partial charge on any atom is 0.209 e. The van der Waals surface area contributed by atoms with Gasteiger partial charge in [-0.3, -0.25) is 10.3 Å². The zero-order valence-corrected chi connectivity index (χ0v) is 17.6. The van der Waals surface area contributed by atoms with Crippen molar-refractivity contribution in [3.8, 4) is 6.19 Å². The number of anilines is 1. The molecule has 2 aromatic rings. The highest BCUT2D eigenvalue weighted by molar-refractivity contribution is 7.92. The van der Waals surface area contributed by atoms with Gasteiger partial charge in [-0.25, -0.2) is 13.4 Å². The fourth-order valence-electron chi connectivity index (χ4n) is 3.81. The summed E-state index contributed by atoms with van der Waals surface area (Å²) in [5.74, 6) is 0.293. The van der Waals surface area contributed by atoms with E-state index in [1.54, 1.807) is 48.8 Å². The van der Waals surface area contributed by atoms with Gasteiger partial charge in [0.2, 0.25) is 5.96 Å². The summed E-state index contributed by atoms with van der Waals surface area (Å²) >= 11 is 0. The molecule has 1 aliphatic heterocycles. The van der Waals surface area contributed by atoms with Crippen LogP contribution in [0.1, 0.15) is 24.8 Å². The molecule has 2 heterocycles. The first-order valence-electron chi connectivity index (χ1n) is 9.99. The fourth-order valence-corrected chi connectivity index (χ4v) is 5.60. The van der Waals surface area contributed by atoms with Crippen molar-refractivity contribution in [3.63, 3.8) is 0 Å². The molecule has 31 heavy (non-hydrogen) atoms. The highest BCUT2D eigenvalue weighted by Crippen LogP contribution is 2.34. The van der Waals surface area contributed by atoms with Crippen LogP contribution in [-0.2, 0) is 25.9 Å². The number of sulfone groups is 1. The predicted octanol–water partition coefficient (Wildman–Crippen LogP) is 2.19. The molecule has 0 radical (unpaired) electrons. The molecule has 9 nitrogen and oxygen atoms in total. The minimum absolute atomic E-state index is 0.0173. The van der Waals surface area contributed by atoms with E-state index in [4.69, 9.17) is 14.7 Å². The fraction of sp³-hybridized carbons (Fsp3) is 0.381. The topological polar surface area (TPSA) is 126 Å². The minimum Gasteiger partial charge on any atom is -0.349 e. The van der Waals surface area contributed by atoms with Gasteiger partial charge in [0.25, 0.3) is 0 Å². The number of nitriles is 1. The first-order chi connectivity index (χ1) is 15.1. The van der Waals surface area contributed by atoms with E-state index in [0.717, 1.165) is 11.3 Å². The number of rotatable bonds is 5. The summed E-state index contributed by atoms with van der Waals surface area (Å²) in [5, 5.41) is 14.0. The summed E-state index contributed by atoms with van der Waals surface area (Å²) < 4.78 is 37.1. The van der Waals surface area contributed by atoms with Crippen LogP contribution >= 0.6 is 0 Å². The van der Waals surface area contributed by atoms with Crippen LogP contribution < -0.4 is 10.6 Å². The van der Waals surface area contributed by atoms with Crippen LogP contribution in [0.15, 0.2) is 58.7 Å². The SMILES string of the molecule is N#CNC(=NCc1ccc(S(=O)(=O)C2CCC3OCOC3C2)cc1)Nc1ccncc1. The zero-order valence-electron chi connectivity index (χ0n) is 16.8. The molecular formula is C21H23N5O4S. The number of ether oxygens (including phenoxy) is 2. The van der Waals surface area contributed by atoms with Gasteiger partial charge in [0.1, 0.15) is 6.79 Å². The first kappa shape index (κ1) is 21.2. The molecule has 1 saturated carbocycles. The highest BCUT2D eigenvalue weighted by atomic mass is 32.2. The van der Waals surface area contributed by atoms with Crippen molar-refractivity contribution in [1.29, 1.82) is 5.26 Å². The maximum atomic E-state index is 13.1. The van der Waals surface area contributed by atoms with E-state index in [2.05, 4.69) is 20.6 Å². The Morgan fingerprint density at radius 2 is 1.87 bits per heavy atom. The molecule has 3 atom stereocenters. The number of benzene rings is 1. The molecule has 2 fully saturated rings. The smallest absolute Gasteiger partial charge is 0.209 e. The largest absolute Gasteiger partial charge is 0.349 e. The van der Waals surface area contributed by atoms with Crippen molar-refractivity contribution < 1.29 is 17.9 Å². The van der Waals surface area contributed by atoms with E-state index in [1.807, 2.05) is 6.19 Å². The van der Waals surface area contributed by atoms with Gasteiger partial charge < -0.3 is 14.8 Å². The molecular weight excluding hydrogens is 418 g/mol. The number of aromatic nitrogens is 1. The van der Waals surface area contributed by atoms with Crippen molar-refractivity contribution >= 4 is 21.5 Å². The Balaban J connectivity index is 1.42. The number of hydrogen-bond donors (Lipinski definition) is 2. The molecule has 4 rings (SSSR count). The molecule has 1 aliphatic carbocycles. The normalized spacial score (nSPS) is 23.6. The lowest BCUT2D eigenvalue weighted by Crippen LogP contribution is -2.37. The molecule has 0 bridgehead atoms. The van der Waals surface area contributed by atoms with Crippen LogP contribution in [-0.4, -0.2) is 43.6 Å². The number of guanidine groups is 1. The van der Waals surface area contributed by atoms with Crippen LogP contribution in [0.4, 0.5) is 5.69 Å². The third-order valence-corrected chi connectivity index (χ3v) is 7.71. The maximum absolute atomic E-state index is 13.1. The number of nitrogens with one attached hydrogen (secondary N) is 2. The van der Waals surface area contributed by atoms with Gasteiger partial charge in [-0.15, -0.1) is 0 Å². The Morgan fingerprint density at radius 3 is 2.61 bits per heavy atom. The third-order valence-electron chi connectivity index (χ3n) is 5.48. The summed E-state index contributed by atoms with van der Waals surface area (Å²) in [6, 6.07) is 10.2. The van der Waals surface area contributed by atoms with E-state index < -0.39 is 15.1 Å². The first-order valence-corrected chi connectivity index (χ1v) is 11.5. The summed E-state index contributed by atoms with van der Waals surface area (Å²) in [6.07, 6.45) is 6.71. The van der Waals surface area contributed by atoms with E-state index in [1.165, 1.54) is 0 Å². The lowest BCUT2D eigenvalue weighted by molar-refractivity contribution is 0.0396. The summed E-state index contributed by atoms with van der Waals surface area (Å²) in [5.41, 5.74) is 1.56. The molecule has 10 heteroatoms. The van der Waals surface area contributed by atoms with Crippen molar-refractivity contribution in [3.05, 3.63) is 54.4 Å². The molecule has 162 valence electrons. The molecule has 1 aromatic carbocycles. The van der Waals surface area contributed by atoms with Gasteiger partial charge >= 0.3 is 0 Å². The molecule has 0 amide bonds. The average Bonchev–Trinajstić information content (AvgIpc) is 3.27. The van der Waals surface area contributed by atoms with Crippen molar-refractivity contribution in [2.24, 2.45) is 4.99 Å². The van der Waals surface area contributed by atoms with Crippen LogP contribution in [0.3, 0.4) is 0 Å². The van der Waals surface area contributed by atoms with E-state index >= 15 is 0 Å². The Morgan fingerprint density at radius 1 is 1.13 bits per heavy atom. The van der Waals surface area contributed by atoms with Crippen LogP contribution in [0, 0.1) is 11.5 Å². The van der Waals surface area contributed by atoms with Crippen LogP contribution in [0.2, 0.25) is 0 Å². The number of hydrogen-bond acceptors (Lipinski definition) is 7. The number of fused-ring (bicyclic) bond motifs is 1. The van der Waals surface area contributed by atoms with Crippen LogP contribution in [0.5, 0.6) is 0 Å². The lowest BCUT2D eigenvalue weighted by atomic mass is 9.94. The quantitative estimate of drug-likeness (QED) is 0.313. The lowest BCUT2D eigenvalue weighted by Gasteiger charge is -2.29. The number of aliphatic imine (C=N–C) groups is 1. The second-order valence-electron chi connectivity index (χ2n) is 7.41. The second kappa shape index (κ2) is 9.43. The predicted molar refractivity (Wildman–Crippen MR) is 114 cm³/mol. The van der Waals surface area contributed by atoms with Gasteiger partial charge in [-0.05, 0) is 49.1 Å². The van der Waals surface area contributed by atoms with Crippen molar-refractivity contribution in [2.45, 2.75) is 48.2 Å². The molecule has 0 spiro atoms. The van der Waals surface area contributed by atoms with Gasteiger partial charge in [0.05, 0.1) is 28.9 Å². The molecule has 1 saturated heterocycles. The Kier molecular flexibility index (Phi) is 6.46. The van der Waals surface area contributed by atoms with E-state index in [9.17, 15) is 8.42 Å². The molecule has 2 N–H and O–H groups in total. The summed E-state index contributed by atoms with van der Waals surface area (Å²) in [6.45, 7) is 0.525. The van der Waals surface area contributed by atoms with Gasteiger partial charge in [-0.1, -0.05) is 12.1 Å². The summed E-state index contributed by atoms with van der Waals surface area (Å²) in [4.78, 5) is 8.61. The second-order valence-corrected chi connectivity index (χ2v) is 9.64. The van der Waals surface area contributed by atoms with Gasteiger partial charge in [0, 0.05) is 18.1 Å². The van der Waals surface area contributed by atoms with E-state index in [0.29, 0.717) is 30.1 Å². The number of nitrogens with zero attached hydrogens (tertiary/aromatic N) is 3. The monoisotopic (exact) mass is 441 g/mol. The third kappa shape index (κ3) is 5.02. The minimum atomic E-state index is -3.44. The van der Waals surface area contributed by atoms with Crippen molar-refractivity contribution in [1.82, 2.24) is 10.3 Å². The molecule has 3 unspecified atom stereocenters. The zero-order chi connectivity index (χ0) is 21.7. The summed E-state index contributed by atoms with van der Waals surface area (Å²) in [7, 11) is -3.44. The van der Waals surface area contributed by atoms with Gasteiger partial charge in [-0.2, -0.15) is 5.26 Å². The molecule has 1 aromatic heterocycles. The standard InChI is InChI=1S/C21H23N5O4S/c22-13-25-21(26-16-7-9-23-10-8-16)24-12-15-1-3-17(4-2-15)31(27,28)18-5-6-19-20(11-18)30-14-29-19/h1-4,7-10,18-20H,5-6,11-12,14H2,(H2,23,24,25,26). The Bertz CT molecular complexity index is 1070. The number of pyridine rings is 1.